The van der Waals surface area contributed by atoms with Gasteiger partial charge in [-0.05, 0) is 29.8 Å². The van der Waals surface area contributed by atoms with Crippen LogP contribution in [-0.2, 0) is 16.0 Å². The lowest BCUT2D eigenvalue weighted by Gasteiger charge is -2.31. The molecule has 1 N–H and O–H groups in total. The van der Waals surface area contributed by atoms with Gasteiger partial charge < -0.3 is 19.4 Å². The summed E-state index contributed by atoms with van der Waals surface area (Å²) < 4.78 is 11.4. The van der Waals surface area contributed by atoms with Crippen molar-refractivity contribution in [1.29, 1.82) is 0 Å². The molecule has 1 atom stereocenters. The molecule has 0 unspecified atom stereocenters. The maximum atomic E-state index is 12.1. The average molecular weight is 326 g/mol. The monoisotopic (exact) mass is 326 g/mol. The van der Waals surface area contributed by atoms with Gasteiger partial charge in [0, 0.05) is 25.6 Å². The van der Waals surface area contributed by atoms with E-state index in [-0.39, 0.29) is 24.3 Å². The summed E-state index contributed by atoms with van der Waals surface area (Å²) in [5.74, 6) is 2.01. The number of anilines is 2. The minimum atomic E-state index is -0.147. The number of nitrogens with zero attached hydrogens (tertiary/aromatic N) is 1. The first-order valence-electron chi connectivity index (χ1n) is 8.02. The minimum Gasteiger partial charge on any atom is -0.482 e. The van der Waals surface area contributed by atoms with E-state index >= 15 is 0 Å². The van der Waals surface area contributed by atoms with Gasteiger partial charge in [0.25, 0.3) is 5.91 Å². The summed E-state index contributed by atoms with van der Waals surface area (Å²) in [5, 5.41) is 2.89. The summed E-state index contributed by atoms with van der Waals surface area (Å²) >= 11 is 0. The zero-order valence-corrected chi connectivity index (χ0v) is 13.6. The van der Waals surface area contributed by atoms with E-state index in [2.05, 4.69) is 5.32 Å². The van der Waals surface area contributed by atoms with Crippen LogP contribution in [-0.4, -0.2) is 25.5 Å². The maximum Gasteiger partial charge on any atom is 0.264 e. The molecule has 0 saturated heterocycles. The number of likely N-dealkylation sites (N-methyl/N-ethyl adjacent to an activating group) is 1. The lowest BCUT2D eigenvalue weighted by Crippen LogP contribution is -2.36. The van der Waals surface area contributed by atoms with E-state index in [0.717, 1.165) is 23.5 Å². The quantitative estimate of drug-likeness (QED) is 0.921. The molecule has 0 radical (unpaired) electrons. The zero-order valence-electron chi connectivity index (χ0n) is 13.6. The molecule has 3 heterocycles. The normalized spacial score (nSPS) is 19.4. The molecule has 2 aliphatic rings. The summed E-state index contributed by atoms with van der Waals surface area (Å²) in [6.07, 6.45) is 1.14. The fourth-order valence-electron chi connectivity index (χ4n) is 3.25. The van der Waals surface area contributed by atoms with Gasteiger partial charge in [0.05, 0.1) is 11.6 Å². The molecule has 6 heteroatoms. The Hall–Kier alpha value is -2.76. The van der Waals surface area contributed by atoms with Crippen molar-refractivity contribution >= 4 is 23.2 Å². The Morgan fingerprint density at radius 1 is 1.29 bits per heavy atom. The predicted molar refractivity (Wildman–Crippen MR) is 88.5 cm³/mol. The molecule has 2 aromatic rings. The second-order valence-electron chi connectivity index (χ2n) is 6.11. The van der Waals surface area contributed by atoms with Gasteiger partial charge in [-0.3, -0.25) is 9.59 Å². The van der Waals surface area contributed by atoms with E-state index in [1.165, 1.54) is 0 Å². The van der Waals surface area contributed by atoms with Crippen molar-refractivity contribution in [2.75, 3.05) is 23.9 Å². The molecular formula is C18H18N2O4. The number of aryl methyl sites for hydroxylation is 1. The molecule has 0 spiro atoms. The summed E-state index contributed by atoms with van der Waals surface area (Å²) in [5.41, 5.74) is 2.32. The predicted octanol–water partition coefficient (Wildman–Crippen LogP) is 2.67. The van der Waals surface area contributed by atoms with Crippen molar-refractivity contribution in [3.8, 4) is 5.75 Å². The molecule has 4 rings (SSSR count). The second-order valence-corrected chi connectivity index (χ2v) is 6.11. The van der Waals surface area contributed by atoms with E-state index in [4.69, 9.17) is 9.15 Å². The van der Waals surface area contributed by atoms with Gasteiger partial charge in [0.2, 0.25) is 5.91 Å². The highest BCUT2D eigenvalue weighted by atomic mass is 16.5. The number of furan rings is 1. The molecule has 0 aliphatic carbocycles. The summed E-state index contributed by atoms with van der Waals surface area (Å²) in [4.78, 5) is 25.5. The van der Waals surface area contributed by atoms with Gasteiger partial charge in [-0.15, -0.1) is 0 Å². The van der Waals surface area contributed by atoms with Gasteiger partial charge in [-0.1, -0.05) is 6.92 Å². The Morgan fingerprint density at radius 3 is 2.88 bits per heavy atom. The molecule has 0 bridgehead atoms. The van der Waals surface area contributed by atoms with E-state index in [9.17, 15) is 9.59 Å². The molecule has 2 amide bonds. The topological polar surface area (TPSA) is 71.8 Å². The first-order chi connectivity index (χ1) is 11.6. The van der Waals surface area contributed by atoms with Crippen LogP contribution in [0.3, 0.4) is 0 Å². The number of rotatable bonds is 2. The van der Waals surface area contributed by atoms with Gasteiger partial charge in [-0.2, -0.15) is 0 Å². The van der Waals surface area contributed by atoms with E-state index in [0.29, 0.717) is 23.5 Å². The number of ether oxygens (including phenoxy) is 1. The van der Waals surface area contributed by atoms with Crippen LogP contribution in [0.4, 0.5) is 11.4 Å². The summed E-state index contributed by atoms with van der Waals surface area (Å²) in [6, 6.07) is 7.59. The van der Waals surface area contributed by atoms with Crippen molar-refractivity contribution in [2.24, 2.45) is 0 Å². The third kappa shape index (κ3) is 2.26. The third-order valence-corrected chi connectivity index (χ3v) is 4.63. The van der Waals surface area contributed by atoms with E-state index in [1.807, 2.05) is 25.1 Å². The molecule has 0 fully saturated rings. The van der Waals surface area contributed by atoms with Crippen molar-refractivity contribution in [1.82, 2.24) is 0 Å². The lowest BCUT2D eigenvalue weighted by molar-refractivity contribution is -0.121. The van der Waals surface area contributed by atoms with Gasteiger partial charge >= 0.3 is 0 Å². The number of hydrogen-bond donors (Lipinski definition) is 1. The highest BCUT2D eigenvalue weighted by molar-refractivity contribution is 6.01. The van der Waals surface area contributed by atoms with Crippen LogP contribution in [0.2, 0.25) is 0 Å². The van der Waals surface area contributed by atoms with E-state index < -0.39 is 0 Å². The molecule has 124 valence electrons. The average Bonchev–Trinajstić information content (AvgIpc) is 3.05. The van der Waals surface area contributed by atoms with Crippen LogP contribution in [0, 0.1) is 0 Å². The van der Waals surface area contributed by atoms with Crippen molar-refractivity contribution in [2.45, 2.75) is 25.7 Å². The minimum absolute atomic E-state index is 0.0278. The highest BCUT2D eigenvalue weighted by Crippen LogP contribution is 2.44. The summed E-state index contributed by atoms with van der Waals surface area (Å²) in [7, 11) is 1.71. The number of carbonyl (C=O) groups excluding carboxylic acids is 2. The van der Waals surface area contributed by atoms with Crippen LogP contribution in [0.1, 0.15) is 36.3 Å². The van der Waals surface area contributed by atoms with Crippen molar-refractivity contribution in [3.05, 3.63) is 41.3 Å². The molecule has 2 aliphatic heterocycles. The number of fused-ring (bicyclic) bond motifs is 2. The Morgan fingerprint density at radius 2 is 2.12 bits per heavy atom. The molecule has 1 aromatic carbocycles. The number of hydrogen-bond acceptors (Lipinski definition) is 4. The van der Waals surface area contributed by atoms with Crippen molar-refractivity contribution in [3.63, 3.8) is 0 Å². The largest absolute Gasteiger partial charge is 0.482 e. The zero-order chi connectivity index (χ0) is 16.8. The molecular weight excluding hydrogens is 308 g/mol. The Kier molecular flexibility index (Phi) is 3.33. The molecule has 0 saturated carbocycles. The number of carbonyl (C=O) groups is 2. The molecule has 1 aromatic heterocycles. The van der Waals surface area contributed by atoms with Gasteiger partial charge in [0.1, 0.15) is 17.3 Å². The number of amides is 2. The van der Waals surface area contributed by atoms with Crippen LogP contribution in [0.5, 0.6) is 5.75 Å². The van der Waals surface area contributed by atoms with Crippen LogP contribution in [0.25, 0.3) is 0 Å². The Bertz CT molecular complexity index is 840. The third-order valence-electron chi connectivity index (χ3n) is 4.63. The summed E-state index contributed by atoms with van der Waals surface area (Å²) in [6.45, 7) is 2.06. The maximum absolute atomic E-state index is 12.1. The first kappa shape index (κ1) is 14.8. The Labute approximate surface area is 139 Å². The highest BCUT2D eigenvalue weighted by Gasteiger charge is 2.32. The fourth-order valence-corrected chi connectivity index (χ4v) is 3.25. The SMILES string of the molecule is CCc1ccc([C@@H]2CC(=O)Nc3cc4c(cc32)OCC(=O)N4C)o1. The number of benzene rings is 1. The van der Waals surface area contributed by atoms with Crippen LogP contribution >= 0.6 is 0 Å². The van der Waals surface area contributed by atoms with Gasteiger partial charge in [0.15, 0.2) is 6.61 Å². The van der Waals surface area contributed by atoms with Crippen molar-refractivity contribution < 1.29 is 18.7 Å². The molecule has 24 heavy (non-hydrogen) atoms. The number of nitrogens with one attached hydrogen (secondary N) is 1. The lowest BCUT2D eigenvalue weighted by atomic mass is 9.88. The molecule has 6 nitrogen and oxygen atoms in total. The van der Waals surface area contributed by atoms with E-state index in [1.54, 1.807) is 18.0 Å². The van der Waals surface area contributed by atoms with Crippen LogP contribution < -0.4 is 15.0 Å². The second kappa shape index (κ2) is 5.40. The first-order valence-corrected chi connectivity index (χ1v) is 8.02. The smallest absolute Gasteiger partial charge is 0.264 e. The standard InChI is InChI=1S/C18H18N2O4/c1-3-10-4-5-15(24-10)12-7-17(21)19-13-8-14-16(6-11(12)13)23-9-18(22)20(14)2/h4-6,8,12H,3,7,9H2,1-2H3,(H,19,21)/t12-/m1/s1. The van der Waals surface area contributed by atoms with Gasteiger partial charge in [-0.25, -0.2) is 0 Å². The fraction of sp³-hybridized carbons (Fsp3) is 0.333. The Balaban J connectivity index is 1.82. The van der Waals surface area contributed by atoms with Crippen LogP contribution in [0.15, 0.2) is 28.7 Å².